The molecule has 152 valence electrons. The van der Waals surface area contributed by atoms with Crippen molar-refractivity contribution < 1.29 is 17.7 Å². The van der Waals surface area contributed by atoms with Gasteiger partial charge < -0.3 is 9.84 Å². The zero-order valence-electron chi connectivity index (χ0n) is 16.1. The molecule has 0 aliphatic carbocycles. The molecule has 0 bridgehead atoms. The van der Waals surface area contributed by atoms with Gasteiger partial charge in [-0.1, -0.05) is 28.9 Å². The molecular formula is C19H24ClN3O4S. The Balaban J connectivity index is 1.61. The molecule has 1 unspecified atom stereocenters. The van der Waals surface area contributed by atoms with Crippen molar-refractivity contribution in [2.24, 2.45) is 5.92 Å². The lowest BCUT2D eigenvalue weighted by Gasteiger charge is -2.31. The standard InChI is InChI=1S/C19H24ClN3O4S/c1-12(16-5-4-6-17(20)11-16)21-19(24)15-7-9-23(10-8-15)28(25,26)18-13(2)22-27-14(18)3/h4-6,11-12,15H,7-10H2,1-3H3,(H,21,24). The van der Waals surface area contributed by atoms with Crippen molar-refractivity contribution in [2.75, 3.05) is 13.1 Å². The molecule has 2 heterocycles. The van der Waals surface area contributed by atoms with E-state index in [9.17, 15) is 13.2 Å². The SMILES string of the molecule is Cc1noc(C)c1S(=O)(=O)N1CCC(C(=O)NC(C)c2cccc(Cl)c2)CC1. The van der Waals surface area contributed by atoms with Crippen molar-refractivity contribution in [3.05, 3.63) is 46.3 Å². The number of carbonyl (C=O) groups excluding carboxylic acids is 1. The van der Waals surface area contributed by atoms with Gasteiger partial charge in [-0.05, 0) is 51.3 Å². The highest BCUT2D eigenvalue weighted by Gasteiger charge is 2.35. The highest BCUT2D eigenvalue weighted by molar-refractivity contribution is 7.89. The summed E-state index contributed by atoms with van der Waals surface area (Å²) in [6.45, 7) is 5.68. The smallest absolute Gasteiger partial charge is 0.248 e. The molecule has 3 rings (SSSR count). The van der Waals surface area contributed by atoms with Gasteiger partial charge in [0, 0.05) is 24.0 Å². The lowest BCUT2D eigenvalue weighted by molar-refractivity contribution is -0.126. The Hall–Kier alpha value is -1.90. The van der Waals surface area contributed by atoms with Crippen LogP contribution in [0, 0.1) is 19.8 Å². The third kappa shape index (κ3) is 4.24. The number of nitrogens with zero attached hydrogens (tertiary/aromatic N) is 2. The molecule has 0 spiro atoms. The van der Waals surface area contributed by atoms with Crippen molar-refractivity contribution in [3.63, 3.8) is 0 Å². The second kappa shape index (κ2) is 8.23. The molecule has 1 saturated heterocycles. The maximum atomic E-state index is 12.9. The van der Waals surface area contributed by atoms with Crippen molar-refractivity contribution in [3.8, 4) is 0 Å². The number of rotatable bonds is 5. The highest BCUT2D eigenvalue weighted by Crippen LogP contribution is 2.28. The van der Waals surface area contributed by atoms with Crippen LogP contribution in [0.2, 0.25) is 5.02 Å². The second-order valence-electron chi connectivity index (χ2n) is 7.12. The van der Waals surface area contributed by atoms with E-state index in [1.54, 1.807) is 19.9 Å². The van der Waals surface area contributed by atoms with Crippen molar-refractivity contribution in [2.45, 2.75) is 44.6 Å². The number of aromatic nitrogens is 1. The maximum Gasteiger partial charge on any atom is 0.248 e. The Morgan fingerprint density at radius 1 is 1.32 bits per heavy atom. The molecule has 28 heavy (non-hydrogen) atoms. The fourth-order valence-corrected chi connectivity index (χ4v) is 5.48. The van der Waals surface area contributed by atoms with Crippen LogP contribution in [0.25, 0.3) is 0 Å². The molecule has 1 aliphatic heterocycles. The molecule has 1 amide bonds. The van der Waals surface area contributed by atoms with E-state index >= 15 is 0 Å². The summed E-state index contributed by atoms with van der Waals surface area (Å²) in [5.41, 5.74) is 1.28. The molecule has 7 nitrogen and oxygen atoms in total. The van der Waals surface area contributed by atoms with E-state index in [1.807, 2.05) is 25.1 Å². The Kier molecular flexibility index (Phi) is 6.12. The van der Waals surface area contributed by atoms with Gasteiger partial charge in [-0.25, -0.2) is 8.42 Å². The first-order chi connectivity index (χ1) is 13.2. The lowest BCUT2D eigenvalue weighted by atomic mass is 9.96. The molecule has 2 aromatic rings. The quantitative estimate of drug-likeness (QED) is 0.793. The van der Waals surface area contributed by atoms with Crippen LogP contribution in [0.3, 0.4) is 0 Å². The fraction of sp³-hybridized carbons (Fsp3) is 0.474. The molecule has 1 N–H and O–H groups in total. The number of aryl methyl sites for hydroxylation is 2. The van der Waals surface area contributed by atoms with Crippen LogP contribution in [-0.2, 0) is 14.8 Å². The van der Waals surface area contributed by atoms with E-state index in [1.165, 1.54) is 4.31 Å². The van der Waals surface area contributed by atoms with E-state index in [-0.39, 0.29) is 41.6 Å². The molecular weight excluding hydrogens is 402 g/mol. The minimum atomic E-state index is -3.67. The summed E-state index contributed by atoms with van der Waals surface area (Å²) in [5.74, 6) is -0.00710. The molecule has 9 heteroatoms. The number of benzene rings is 1. The van der Waals surface area contributed by atoms with Crippen molar-refractivity contribution >= 4 is 27.5 Å². The van der Waals surface area contributed by atoms with E-state index in [4.69, 9.17) is 16.1 Å². The molecule has 1 aromatic heterocycles. The Morgan fingerprint density at radius 2 is 2.00 bits per heavy atom. The molecule has 1 atom stereocenters. The summed E-state index contributed by atoms with van der Waals surface area (Å²) >= 11 is 6.01. The number of hydrogen-bond donors (Lipinski definition) is 1. The van der Waals surface area contributed by atoms with Gasteiger partial charge in [0.15, 0.2) is 5.76 Å². The topological polar surface area (TPSA) is 92.5 Å². The first-order valence-corrected chi connectivity index (χ1v) is 11.0. The van der Waals surface area contributed by atoms with Crippen LogP contribution in [0.15, 0.2) is 33.7 Å². The number of nitrogens with one attached hydrogen (secondary N) is 1. The lowest BCUT2D eigenvalue weighted by Crippen LogP contribution is -2.43. The van der Waals surface area contributed by atoms with Crippen LogP contribution in [-0.4, -0.2) is 36.9 Å². The van der Waals surface area contributed by atoms with Gasteiger partial charge in [-0.15, -0.1) is 0 Å². The number of piperidine rings is 1. The molecule has 0 radical (unpaired) electrons. The van der Waals surface area contributed by atoms with Crippen LogP contribution < -0.4 is 5.32 Å². The summed E-state index contributed by atoms with van der Waals surface area (Å²) < 4.78 is 32.2. The number of halogens is 1. The Morgan fingerprint density at radius 3 is 2.57 bits per heavy atom. The first kappa shape index (κ1) is 20.8. The van der Waals surface area contributed by atoms with Crippen molar-refractivity contribution in [1.82, 2.24) is 14.8 Å². The zero-order valence-corrected chi connectivity index (χ0v) is 17.7. The minimum Gasteiger partial charge on any atom is -0.360 e. The van der Waals surface area contributed by atoms with Crippen LogP contribution in [0.1, 0.15) is 42.8 Å². The normalized spacial score (nSPS) is 17.4. The average Bonchev–Trinajstić information content (AvgIpc) is 3.00. The largest absolute Gasteiger partial charge is 0.360 e. The number of amides is 1. The summed E-state index contributed by atoms with van der Waals surface area (Å²) in [4.78, 5) is 12.8. The van der Waals surface area contributed by atoms with Crippen LogP contribution >= 0.6 is 11.6 Å². The molecule has 1 fully saturated rings. The van der Waals surface area contributed by atoms with Gasteiger partial charge in [0.25, 0.3) is 0 Å². The summed E-state index contributed by atoms with van der Waals surface area (Å²) in [6, 6.07) is 7.20. The van der Waals surface area contributed by atoms with Crippen LogP contribution in [0.5, 0.6) is 0 Å². The summed E-state index contributed by atoms with van der Waals surface area (Å²) in [7, 11) is -3.67. The number of sulfonamides is 1. The van der Waals surface area contributed by atoms with Gasteiger partial charge >= 0.3 is 0 Å². The second-order valence-corrected chi connectivity index (χ2v) is 9.43. The number of hydrogen-bond acceptors (Lipinski definition) is 5. The van der Waals surface area contributed by atoms with Gasteiger partial charge in [-0.2, -0.15) is 4.31 Å². The van der Waals surface area contributed by atoms with Gasteiger partial charge in [0.05, 0.1) is 6.04 Å². The van der Waals surface area contributed by atoms with Gasteiger partial charge in [0.1, 0.15) is 10.6 Å². The molecule has 1 aliphatic rings. The van der Waals surface area contributed by atoms with Crippen molar-refractivity contribution in [1.29, 1.82) is 0 Å². The zero-order chi connectivity index (χ0) is 20.5. The number of carbonyl (C=O) groups is 1. The van der Waals surface area contributed by atoms with E-state index in [0.717, 1.165) is 5.56 Å². The molecule has 1 aromatic carbocycles. The van der Waals surface area contributed by atoms with Crippen LogP contribution in [0.4, 0.5) is 0 Å². The third-order valence-electron chi connectivity index (χ3n) is 5.10. The van der Waals surface area contributed by atoms with E-state index < -0.39 is 10.0 Å². The van der Waals surface area contributed by atoms with Gasteiger partial charge in [-0.3, -0.25) is 4.79 Å². The van der Waals surface area contributed by atoms with E-state index in [2.05, 4.69) is 10.5 Å². The predicted octanol–water partition coefficient (Wildman–Crippen LogP) is 3.22. The maximum absolute atomic E-state index is 12.9. The van der Waals surface area contributed by atoms with E-state index in [0.29, 0.717) is 23.6 Å². The Labute approximate surface area is 170 Å². The predicted molar refractivity (Wildman–Crippen MR) is 105 cm³/mol. The monoisotopic (exact) mass is 425 g/mol. The summed E-state index contributed by atoms with van der Waals surface area (Å²) in [5, 5.41) is 7.36. The van der Waals surface area contributed by atoms with Gasteiger partial charge in [0.2, 0.25) is 15.9 Å². The first-order valence-electron chi connectivity index (χ1n) is 9.19. The minimum absolute atomic E-state index is 0.0677. The third-order valence-corrected chi connectivity index (χ3v) is 7.48. The molecule has 0 saturated carbocycles. The highest BCUT2D eigenvalue weighted by atomic mass is 35.5. The Bertz CT molecular complexity index is 946. The summed E-state index contributed by atoms with van der Waals surface area (Å²) in [6.07, 6.45) is 0.938. The fourth-order valence-electron chi connectivity index (χ4n) is 3.52. The average molecular weight is 426 g/mol.